The molecular formula is C6H8N2S. The Morgan fingerprint density at radius 2 is 2.56 bits per heavy atom. The minimum Gasteiger partial charge on any atom is -0.353 e. The summed E-state index contributed by atoms with van der Waals surface area (Å²) in [5, 5.41) is 6.47. The fourth-order valence-corrected chi connectivity index (χ4v) is 0.810. The summed E-state index contributed by atoms with van der Waals surface area (Å²) in [7, 11) is 0. The van der Waals surface area contributed by atoms with Crippen LogP contribution in [0.3, 0.4) is 0 Å². The van der Waals surface area contributed by atoms with Crippen molar-refractivity contribution in [3.8, 4) is 0 Å². The van der Waals surface area contributed by atoms with E-state index in [2.05, 4.69) is 17.2 Å². The number of hydrogen-bond donors (Lipinski definition) is 2. The Balaban J connectivity index is 2.58. The fourth-order valence-electron chi connectivity index (χ4n) is 0.606. The van der Waals surface area contributed by atoms with E-state index >= 15 is 0 Å². The predicted molar refractivity (Wildman–Crippen MR) is 42.0 cm³/mol. The van der Waals surface area contributed by atoms with Gasteiger partial charge in [-0.05, 0) is 18.3 Å². The molecule has 0 bridgehead atoms. The van der Waals surface area contributed by atoms with Crippen molar-refractivity contribution in [1.82, 2.24) is 10.6 Å². The number of thiocarbonyl (C=S) groups is 1. The molecule has 0 fully saturated rings. The van der Waals surface area contributed by atoms with Crippen LogP contribution in [-0.4, -0.2) is 11.2 Å². The SMILES string of the molecule is C=CC1C=CNC(=S)N1. The zero-order valence-corrected chi connectivity index (χ0v) is 5.74. The summed E-state index contributed by atoms with van der Waals surface area (Å²) in [5.74, 6) is 0. The van der Waals surface area contributed by atoms with E-state index in [0.717, 1.165) is 0 Å². The minimum absolute atomic E-state index is 0.193. The first-order valence-electron chi connectivity index (χ1n) is 2.69. The van der Waals surface area contributed by atoms with Crippen molar-refractivity contribution in [2.75, 3.05) is 0 Å². The lowest BCUT2D eigenvalue weighted by Crippen LogP contribution is -2.41. The van der Waals surface area contributed by atoms with E-state index in [1.165, 1.54) is 0 Å². The number of rotatable bonds is 1. The third kappa shape index (κ3) is 1.54. The molecule has 0 saturated heterocycles. The molecule has 0 radical (unpaired) electrons. The van der Waals surface area contributed by atoms with Crippen LogP contribution in [0.5, 0.6) is 0 Å². The van der Waals surface area contributed by atoms with Crippen LogP contribution in [0.1, 0.15) is 0 Å². The Bertz CT molecular complexity index is 162. The monoisotopic (exact) mass is 140 g/mol. The molecule has 1 aliphatic heterocycles. The van der Waals surface area contributed by atoms with Crippen molar-refractivity contribution < 1.29 is 0 Å². The molecular weight excluding hydrogens is 132 g/mol. The van der Waals surface area contributed by atoms with Gasteiger partial charge in [0.05, 0.1) is 6.04 Å². The van der Waals surface area contributed by atoms with E-state index in [1.807, 2.05) is 12.3 Å². The molecule has 0 aromatic heterocycles. The molecule has 0 aliphatic carbocycles. The molecule has 0 spiro atoms. The van der Waals surface area contributed by atoms with Crippen molar-refractivity contribution in [1.29, 1.82) is 0 Å². The van der Waals surface area contributed by atoms with Crippen LogP contribution in [0.15, 0.2) is 24.9 Å². The molecule has 2 nitrogen and oxygen atoms in total. The van der Waals surface area contributed by atoms with Gasteiger partial charge in [0, 0.05) is 6.20 Å². The van der Waals surface area contributed by atoms with E-state index in [0.29, 0.717) is 5.11 Å². The highest BCUT2D eigenvalue weighted by Gasteiger charge is 2.03. The zero-order valence-electron chi connectivity index (χ0n) is 4.92. The topological polar surface area (TPSA) is 24.1 Å². The summed E-state index contributed by atoms with van der Waals surface area (Å²) in [5.41, 5.74) is 0. The maximum atomic E-state index is 4.83. The van der Waals surface area contributed by atoms with E-state index in [-0.39, 0.29) is 6.04 Å². The zero-order chi connectivity index (χ0) is 6.69. The normalized spacial score (nSPS) is 24.4. The Morgan fingerprint density at radius 3 is 3.00 bits per heavy atom. The average Bonchev–Trinajstić information content (AvgIpc) is 1.88. The summed E-state index contributed by atoms with van der Waals surface area (Å²) in [4.78, 5) is 0. The second-order valence-corrected chi connectivity index (χ2v) is 2.15. The molecule has 1 unspecified atom stereocenters. The van der Waals surface area contributed by atoms with Gasteiger partial charge in [-0.25, -0.2) is 0 Å². The van der Waals surface area contributed by atoms with Gasteiger partial charge in [0.25, 0.3) is 0 Å². The molecule has 1 atom stereocenters. The number of nitrogens with one attached hydrogen (secondary N) is 2. The van der Waals surface area contributed by atoms with E-state index in [9.17, 15) is 0 Å². The standard InChI is InChI=1S/C6H8N2S/c1-2-5-3-4-7-6(9)8-5/h2-5H,1H2,(H2,7,8,9). The summed E-state index contributed by atoms with van der Waals surface area (Å²) in [6, 6.07) is 0.193. The molecule has 1 rings (SSSR count). The smallest absolute Gasteiger partial charge is 0.171 e. The van der Waals surface area contributed by atoms with E-state index in [4.69, 9.17) is 12.2 Å². The van der Waals surface area contributed by atoms with Crippen LogP contribution >= 0.6 is 12.2 Å². The quantitative estimate of drug-likeness (QED) is 0.410. The molecule has 0 saturated carbocycles. The van der Waals surface area contributed by atoms with Gasteiger partial charge in [-0.2, -0.15) is 0 Å². The van der Waals surface area contributed by atoms with Gasteiger partial charge in [0.2, 0.25) is 0 Å². The van der Waals surface area contributed by atoms with Crippen molar-refractivity contribution >= 4 is 17.3 Å². The van der Waals surface area contributed by atoms with Crippen LogP contribution in [0.25, 0.3) is 0 Å². The van der Waals surface area contributed by atoms with Gasteiger partial charge in [0.15, 0.2) is 5.11 Å². The molecule has 0 aromatic carbocycles. The summed E-state index contributed by atoms with van der Waals surface area (Å²) in [6.07, 6.45) is 5.55. The third-order valence-electron chi connectivity index (χ3n) is 1.07. The average molecular weight is 140 g/mol. The Kier molecular flexibility index (Phi) is 1.85. The molecule has 9 heavy (non-hydrogen) atoms. The van der Waals surface area contributed by atoms with Crippen LogP contribution in [0.4, 0.5) is 0 Å². The van der Waals surface area contributed by atoms with E-state index in [1.54, 1.807) is 6.08 Å². The first kappa shape index (κ1) is 6.29. The van der Waals surface area contributed by atoms with Crippen LogP contribution in [0, 0.1) is 0 Å². The maximum Gasteiger partial charge on any atom is 0.171 e. The second-order valence-electron chi connectivity index (χ2n) is 1.74. The Morgan fingerprint density at radius 1 is 1.78 bits per heavy atom. The minimum atomic E-state index is 0.193. The van der Waals surface area contributed by atoms with Crippen LogP contribution in [0.2, 0.25) is 0 Å². The lowest BCUT2D eigenvalue weighted by Gasteiger charge is -2.17. The van der Waals surface area contributed by atoms with Crippen molar-refractivity contribution in [2.24, 2.45) is 0 Å². The summed E-state index contributed by atoms with van der Waals surface area (Å²) >= 11 is 4.83. The molecule has 0 amide bonds. The first-order valence-corrected chi connectivity index (χ1v) is 3.10. The Labute approximate surface area is 59.6 Å². The van der Waals surface area contributed by atoms with Crippen molar-refractivity contribution in [3.63, 3.8) is 0 Å². The van der Waals surface area contributed by atoms with Crippen LogP contribution < -0.4 is 10.6 Å². The second kappa shape index (κ2) is 2.64. The highest BCUT2D eigenvalue weighted by Crippen LogP contribution is 1.91. The van der Waals surface area contributed by atoms with Crippen molar-refractivity contribution in [3.05, 3.63) is 24.9 Å². The van der Waals surface area contributed by atoms with Gasteiger partial charge in [-0.15, -0.1) is 6.58 Å². The lowest BCUT2D eigenvalue weighted by molar-refractivity contribution is 0.839. The summed E-state index contributed by atoms with van der Waals surface area (Å²) in [6.45, 7) is 3.62. The van der Waals surface area contributed by atoms with Gasteiger partial charge in [-0.3, -0.25) is 0 Å². The molecule has 2 N–H and O–H groups in total. The van der Waals surface area contributed by atoms with Gasteiger partial charge >= 0.3 is 0 Å². The highest BCUT2D eigenvalue weighted by atomic mass is 32.1. The molecule has 1 heterocycles. The lowest BCUT2D eigenvalue weighted by atomic mass is 10.3. The predicted octanol–water partition coefficient (Wildman–Crippen LogP) is 0.532. The first-order chi connectivity index (χ1) is 4.33. The van der Waals surface area contributed by atoms with Crippen LogP contribution in [-0.2, 0) is 0 Å². The van der Waals surface area contributed by atoms with Crippen molar-refractivity contribution in [2.45, 2.75) is 6.04 Å². The molecule has 3 heteroatoms. The highest BCUT2D eigenvalue weighted by molar-refractivity contribution is 7.80. The molecule has 0 aromatic rings. The largest absolute Gasteiger partial charge is 0.353 e. The maximum absolute atomic E-state index is 4.83. The van der Waals surface area contributed by atoms with Gasteiger partial charge in [0.1, 0.15) is 0 Å². The number of hydrogen-bond acceptors (Lipinski definition) is 1. The third-order valence-corrected chi connectivity index (χ3v) is 1.31. The summed E-state index contributed by atoms with van der Waals surface area (Å²) < 4.78 is 0. The molecule has 1 aliphatic rings. The van der Waals surface area contributed by atoms with E-state index < -0.39 is 0 Å². The Hall–Kier alpha value is -0.830. The van der Waals surface area contributed by atoms with Gasteiger partial charge < -0.3 is 10.6 Å². The van der Waals surface area contributed by atoms with Gasteiger partial charge in [-0.1, -0.05) is 6.08 Å². The fraction of sp³-hybridized carbons (Fsp3) is 0.167. The molecule has 48 valence electrons.